The van der Waals surface area contributed by atoms with E-state index in [1.807, 2.05) is 18.2 Å². The molecular formula is C20H19ClN2O5S2. The molecule has 0 atom stereocenters. The van der Waals surface area contributed by atoms with E-state index >= 15 is 0 Å². The molecule has 0 fully saturated rings. The first-order chi connectivity index (χ1) is 14.4. The number of fused-ring (bicyclic) bond motifs is 1. The Bertz CT molecular complexity index is 1140. The average molecular weight is 467 g/mol. The molecule has 3 aromatic rings. The molecule has 0 saturated carbocycles. The third kappa shape index (κ3) is 5.21. The summed E-state index contributed by atoms with van der Waals surface area (Å²) < 4.78 is 10.2. The molecular weight excluding hydrogens is 448 g/mol. The first-order valence-corrected chi connectivity index (χ1v) is 11.3. The van der Waals surface area contributed by atoms with Crippen molar-refractivity contribution in [2.75, 3.05) is 12.4 Å². The fraction of sp³-hybridized carbons (Fsp3) is 0.300. The molecule has 0 aliphatic carbocycles. The van der Waals surface area contributed by atoms with Crippen molar-refractivity contribution in [2.45, 2.75) is 31.8 Å². The number of hydrogen-bond donors (Lipinski definition) is 1. The number of carbonyl (C=O) groups excluding carboxylic acids is 2. The zero-order valence-corrected chi connectivity index (χ0v) is 18.7. The molecule has 2 aromatic heterocycles. The summed E-state index contributed by atoms with van der Waals surface area (Å²) in [7, 11) is 0. The lowest BCUT2D eigenvalue weighted by molar-refractivity contribution is -0.144. The highest BCUT2D eigenvalue weighted by Crippen LogP contribution is 2.28. The van der Waals surface area contributed by atoms with Crippen molar-refractivity contribution in [1.29, 1.82) is 0 Å². The average Bonchev–Trinajstić information content (AvgIpc) is 3.05. The number of aryl methyl sites for hydroxylation is 1. The molecule has 30 heavy (non-hydrogen) atoms. The second-order valence-corrected chi connectivity index (χ2v) is 8.70. The number of ether oxygens (including phenoxy) is 2. The Balaban J connectivity index is 1.62. The number of esters is 2. The summed E-state index contributed by atoms with van der Waals surface area (Å²) >= 11 is 8.64. The number of hydrogen-bond acceptors (Lipinski definition) is 8. The summed E-state index contributed by atoms with van der Waals surface area (Å²) in [6.07, 6.45) is 0.188. The minimum Gasteiger partial charge on any atom is -0.462 e. The van der Waals surface area contributed by atoms with Gasteiger partial charge in [0, 0.05) is 10.6 Å². The van der Waals surface area contributed by atoms with Gasteiger partial charge < -0.3 is 14.5 Å². The van der Waals surface area contributed by atoms with Crippen LogP contribution in [0.15, 0.2) is 34.0 Å². The maximum Gasteiger partial charge on any atom is 0.348 e. The van der Waals surface area contributed by atoms with Crippen molar-refractivity contribution in [3.05, 3.63) is 55.9 Å². The first-order valence-electron chi connectivity index (χ1n) is 9.13. The SMILES string of the molecule is CCOC(=O)c1sc2nc(COC(=O)CCSc3ccccc3Cl)[nH]c(=O)c2c1C. The summed E-state index contributed by atoms with van der Waals surface area (Å²) in [4.78, 5) is 45.1. The van der Waals surface area contributed by atoms with Crippen LogP contribution in [0, 0.1) is 6.92 Å². The van der Waals surface area contributed by atoms with E-state index in [-0.39, 0.29) is 31.0 Å². The van der Waals surface area contributed by atoms with E-state index in [1.54, 1.807) is 19.9 Å². The number of benzene rings is 1. The molecule has 0 bridgehead atoms. The molecule has 0 aliphatic heterocycles. The van der Waals surface area contributed by atoms with Gasteiger partial charge in [0.1, 0.15) is 22.1 Å². The number of aromatic nitrogens is 2. The molecule has 7 nitrogen and oxygen atoms in total. The molecule has 0 aliphatic rings. The van der Waals surface area contributed by atoms with Crippen molar-refractivity contribution < 1.29 is 19.1 Å². The monoisotopic (exact) mass is 466 g/mol. The number of nitrogens with zero attached hydrogens (tertiary/aromatic N) is 1. The summed E-state index contributed by atoms with van der Waals surface area (Å²) in [5.41, 5.74) is 0.145. The van der Waals surface area contributed by atoms with Crippen LogP contribution in [0.1, 0.15) is 34.4 Å². The van der Waals surface area contributed by atoms with Crippen molar-refractivity contribution in [2.24, 2.45) is 0 Å². The number of thiophene rings is 1. The molecule has 0 saturated heterocycles. The zero-order chi connectivity index (χ0) is 21.7. The number of carbonyl (C=O) groups is 2. The molecule has 158 valence electrons. The number of aromatic amines is 1. The molecule has 3 rings (SSSR count). The molecule has 1 N–H and O–H groups in total. The lowest BCUT2D eigenvalue weighted by Gasteiger charge is -2.05. The molecule has 10 heteroatoms. The van der Waals surface area contributed by atoms with Gasteiger partial charge in [-0.2, -0.15) is 0 Å². The Kier molecular flexibility index (Phi) is 7.52. The number of thioether (sulfide) groups is 1. The Labute approximate surface area is 185 Å². The van der Waals surface area contributed by atoms with Gasteiger partial charge in [0.15, 0.2) is 0 Å². The van der Waals surface area contributed by atoms with Crippen LogP contribution in [-0.4, -0.2) is 34.3 Å². The molecule has 0 radical (unpaired) electrons. The van der Waals surface area contributed by atoms with Crippen molar-refractivity contribution >= 4 is 56.9 Å². The maximum absolute atomic E-state index is 12.4. The van der Waals surface area contributed by atoms with Crippen LogP contribution in [0.2, 0.25) is 5.02 Å². The van der Waals surface area contributed by atoms with Gasteiger partial charge in [-0.15, -0.1) is 23.1 Å². The van der Waals surface area contributed by atoms with Crippen LogP contribution >= 0.6 is 34.7 Å². The number of nitrogens with one attached hydrogen (secondary N) is 1. The smallest absolute Gasteiger partial charge is 0.348 e. The third-order valence-electron chi connectivity index (χ3n) is 4.08. The van der Waals surface area contributed by atoms with Gasteiger partial charge in [0.2, 0.25) is 0 Å². The van der Waals surface area contributed by atoms with Gasteiger partial charge >= 0.3 is 11.9 Å². The molecule has 0 unspecified atom stereocenters. The number of rotatable bonds is 8. The largest absolute Gasteiger partial charge is 0.462 e. The Morgan fingerprint density at radius 3 is 2.77 bits per heavy atom. The van der Waals surface area contributed by atoms with Gasteiger partial charge in [-0.1, -0.05) is 23.7 Å². The Morgan fingerprint density at radius 1 is 1.27 bits per heavy atom. The lowest BCUT2D eigenvalue weighted by Crippen LogP contribution is -2.14. The van der Waals surface area contributed by atoms with Crippen LogP contribution in [0.3, 0.4) is 0 Å². The summed E-state index contributed by atoms with van der Waals surface area (Å²) in [6, 6.07) is 7.40. The standard InChI is InChI=1S/C20H19ClN2O5S2/c1-3-27-20(26)17-11(2)16-18(25)22-14(23-19(16)30-17)10-28-15(24)8-9-29-13-7-5-4-6-12(13)21/h4-7H,3,8-10H2,1-2H3,(H,22,23,25). The van der Waals surface area contributed by atoms with Gasteiger partial charge in [0.25, 0.3) is 5.56 Å². The second kappa shape index (κ2) is 10.1. The summed E-state index contributed by atoms with van der Waals surface area (Å²) in [5, 5.41) is 0.980. The molecule has 0 spiro atoms. The van der Waals surface area contributed by atoms with Crippen molar-refractivity contribution in [3.63, 3.8) is 0 Å². The predicted octanol–water partition coefficient (Wildman–Crippen LogP) is 4.35. The fourth-order valence-electron chi connectivity index (χ4n) is 2.68. The summed E-state index contributed by atoms with van der Waals surface area (Å²) in [5.74, 6) is -0.164. The van der Waals surface area contributed by atoms with E-state index < -0.39 is 11.9 Å². The van der Waals surface area contributed by atoms with Gasteiger partial charge in [-0.3, -0.25) is 9.59 Å². The predicted molar refractivity (Wildman–Crippen MR) is 118 cm³/mol. The third-order valence-corrected chi connectivity index (χ3v) is 6.76. The van der Waals surface area contributed by atoms with Crippen molar-refractivity contribution in [3.8, 4) is 0 Å². The Hall–Kier alpha value is -2.36. The lowest BCUT2D eigenvalue weighted by atomic mass is 10.2. The minimum absolute atomic E-state index is 0.160. The van der Waals surface area contributed by atoms with E-state index in [9.17, 15) is 14.4 Å². The topological polar surface area (TPSA) is 98.3 Å². The summed E-state index contributed by atoms with van der Waals surface area (Å²) in [6.45, 7) is 3.47. The highest BCUT2D eigenvalue weighted by molar-refractivity contribution is 7.99. The van der Waals surface area contributed by atoms with Gasteiger partial charge in [-0.25, -0.2) is 9.78 Å². The van der Waals surface area contributed by atoms with Crippen LogP contribution in [0.4, 0.5) is 0 Å². The van der Waals surface area contributed by atoms with E-state index in [0.29, 0.717) is 31.4 Å². The number of H-pyrrole nitrogens is 1. The zero-order valence-electron chi connectivity index (χ0n) is 16.3. The van der Waals surface area contributed by atoms with E-state index in [1.165, 1.54) is 11.8 Å². The normalized spacial score (nSPS) is 10.9. The Morgan fingerprint density at radius 2 is 2.03 bits per heavy atom. The van der Waals surface area contributed by atoms with E-state index in [0.717, 1.165) is 16.2 Å². The molecule has 2 heterocycles. The van der Waals surface area contributed by atoms with Crippen LogP contribution in [0.25, 0.3) is 10.2 Å². The highest BCUT2D eigenvalue weighted by atomic mass is 35.5. The fourth-order valence-corrected chi connectivity index (χ4v) is 4.94. The minimum atomic E-state index is -0.485. The van der Waals surface area contributed by atoms with Crippen molar-refractivity contribution in [1.82, 2.24) is 9.97 Å². The maximum atomic E-state index is 12.4. The molecule has 0 amide bonds. The van der Waals surface area contributed by atoms with Crippen LogP contribution < -0.4 is 5.56 Å². The van der Waals surface area contributed by atoms with Crippen LogP contribution in [-0.2, 0) is 20.9 Å². The van der Waals surface area contributed by atoms with Crippen LogP contribution in [0.5, 0.6) is 0 Å². The quantitative estimate of drug-likeness (QED) is 0.389. The first kappa shape index (κ1) is 22.3. The van der Waals surface area contributed by atoms with Gasteiger partial charge in [0.05, 0.1) is 23.4 Å². The van der Waals surface area contributed by atoms with E-state index in [2.05, 4.69) is 9.97 Å². The number of halogens is 1. The van der Waals surface area contributed by atoms with E-state index in [4.69, 9.17) is 21.1 Å². The highest BCUT2D eigenvalue weighted by Gasteiger charge is 2.20. The van der Waals surface area contributed by atoms with Gasteiger partial charge in [-0.05, 0) is 31.5 Å². The molecule has 1 aromatic carbocycles. The second-order valence-electron chi connectivity index (χ2n) is 6.16.